The summed E-state index contributed by atoms with van der Waals surface area (Å²) in [5.41, 5.74) is 2.74. The van der Waals surface area contributed by atoms with Crippen molar-refractivity contribution in [2.45, 2.75) is 24.8 Å². The van der Waals surface area contributed by atoms with Gasteiger partial charge in [-0.05, 0) is 48.2 Å². The average Bonchev–Trinajstić information content (AvgIpc) is 3.45. The summed E-state index contributed by atoms with van der Waals surface area (Å²) in [6.45, 7) is 3.22. The number of benzene rings is 2. The molecular formula is C21H23ClN2OS. The van der Waals surface area contributed by atoms with Crippen LogP contribution in [0.2, 0.25) is 5.02 Å². The fraction of sp³-hybridized carbons (Fsp3) is 0.381. The van der Waals surface area contributed by atoms with E-state index in [0.29, 0.717) is 5.02 Å². The van der Waals surface area contributed by atoms with Crippen LogP contribution in [0.1, 0.15) is 24.0 Å². The Bertz CT molecular complexity index is 800. The Morgan fingerprint density at radius 2 is 1.88 bits per heavy atom. The molecule has 1 N–H and O–H groups in total. The van der Waals surface area contributed by atoms with Crippen LogP contribution in [0.25, 0.3) is 0 Å². The number of amides is 1. The Hall–Kier alpha value is -1.49. The molecule has 5 heteroatoms. The summed E-state index contributed by atoms with van der Waals surface area (Å²) in [4.78, 5) is 15.4. The van der Waals surface area contributed by atoms with Crippen LogP contribution < -0.4 is 5.32 Å². The van der Waals surface area contributed by atoms with Gasteiger partial charge in [-0.25, -0.2) is 0 Å². The molecule has 26 heavy (non-hydrogen) atoms. The molecule has 0 spiro atoms. The highest BCUT2D eigenvalue weighted by Crippen LogP contribution is 2.49. The molecule has 1 heterocycles. The molecule has 1 aliphatic heterocycles. The summed E-state index contributed by atoms with van der Waals surface area (Å²) >= 11 is 8.14. The summed E-state index contributed by atoms with van der Waals surface area (Å²) in [6, 6.07) is 15.9. The molecule has 0 aromatic heterocycles. The summed E-state index contributed by atoms with van der Waals surface area (Å²) in [5.74, 6) is 2.49. The molecule has 2 aromatic rings. The molecule has 2 aromatic carbocycles. The normalized spacial score (nSPS) is 19.1. The van der Waals surface area contributed by atoms with E-state index in [2.05, 4.69) is 22.3 Å². The van der Waals surface area contributed by atoms with Crippen LogP contribution in [-0.2, 0) is 16.8 Å². The fourth-order valence-corrected chi connectivity index (χ4v) is 4.74. The summed E-state index contributed by atoms with van der Waals surface area (Å²) in [7, 11) is 0. The highest BCUT2D eigenvalue weighted by molar-refractivity contribution is 7.99. The Morgan fingerprint density at radius 1 is 1.12 bits per heavy atom. The van der Waals surface area contributed by atoms with Gasteiger partial charge in [0.05, 0.1) is 5.41 Å². The van der Waals surface area contributed by atoms with Crippen molar-refractivity contribution in [3.8, 4) is 0 Å². The van der Waals surface area contributed by atoms with E-state index >= 15 is 0 Å². The van der Waals surface area contributed by atoms with Crippen LogP contribution in [0.15, 0.2) is 48.5 Å². The molecule has 2 aliphatic rings. The van der Waals surface area contributed by atoms with E-state index in [0.717, 1.165) is 43.7 Å². The van der Waals surface area contributed by atoms with Crippen LogP contribution >= 0.6 is 23.4 Å². The first-order valence-electron chi connectivity index (χ1n) is 9.12. The number of nitrogens with one attached hydrogen (secondary N) is 1. The number of carbonyl (C=O) groups is 1. The van der Waals surface area contributed by atoms with Crippen molar-refractivity contribution in [3.05, 3.63) is 64.7 Å². The molecule has 0 radical (unpaired) electrons. The van der Waals surface area contributed by atoms with E-state index in [4.69, 9.17) is 11.6 Å². The second-order valence-electron chi connectivity index (χ2n) is 7.14. The third-order valence-corrected chi connectivity index (χ3v) is 6.43. The van der Waals surface area contributed by atoms with Gasteiger partial charge in [0.25, 0.3) is 0 Å². The quantitative estimate of drug-likeness (QED) is 0.817. The molecule has 1 aliphatic carbocycles. The van der Waals surface area contributed by atoms with Gasteiger partial charge in [0.15, 0.2) is 0 Å². The first-order valence-corrected chi connectivity index (χ1v) is 10.7. The van der Waals surface area contributed by atoms with Crippen molar-refractivity contribution >= 4 is 35.0 Å². The van der Waals surface area contributed by atoms with E-state index in [-0.39, 0.29) is 5.91 Å². The zero-order valence-electron chi connectivity index (χ0n) is 14.7. The highest BCUT2D eigenvalue weighted by atomic mass is 35.5. The maximum atomic E-state index is 12.9. The maximum absolute atomic E-state index is 12.9. The summed E-state index contributed by atoms with van der Waals surface area (Å²) < 4.78 is 0. The maximum Gasteiger partial charge on any atom is 0.235 e. The molecule has 0 bridgehead atoms. The minimum Gasteiger partial charge on any atom is -0.325 e. The summed E-state index contributed by atoms with van der Waals surface area (Å²) in [5, 5.41) is 3.82. The van der Waals surface area contributed by atoms with Crippen LogP contribution in [0.3, 0.4) is 0 Å². The van der Waals surface area contributed by atoms with Crippen LogP contribution in [0, 0.1) is 0 Å². The van der Waals surface area contributed by atoms with Gasteiger partial charge in [-0.2, -0.15) is 11.8 Å². The lowest BCUT2D eigenvalue weighted by Gasteiger charge is -2.26. The minimum absolute atomic E-state index is 0.0753. The number of halogens is 1. The van der Waals surface area contributed by atoms with Gasteiger partial charge in [0, 0.05) is 41.8 Å². The predicted octanol–water partition coefficient (Wildman–Crippen LogP) is 4.56. The third-order valence-electron chi connectivity index (χ3n) is 5.26. The highest BCUT2D eigenvalue weighted by Gasteiger charge is 2.51. The summed E-state index contributed by atoms with van der Waals surface area (Å²) in [6.07, 6.45) is 1.76. The van der Waals surface area contributed by atoms with Gasteiger partial charge >= 0.3 is 0 Å². The van der Waals surface area contributed by atoms with Crippen LogP contribution in [0.4, 0.5) is 5.69 Å². The molecule has 1 saturated heterocycles. The fourth-order valence-electron chi connectivity index (χ4n) is 3.57. The first kappa shape index (κ1) is 17.9. The number of hydrogen-bond acceptors (Lipinski definition) is 3. The number of thioether (sulfide) groups is 1. The minimum atomic E-state index is -0.412. The molecule has 0 unspecified atom stereocenters. The molecular weight excluding hydrogens is 364 g/mol. The SMILES string of the molecule is O=C(Nc1cccc(CN2CCSCC2)c1)C1(c2cccc(Cl)c2)CC1. The predicted molar refractivity (Wildman–Crippen MR) is 110 cm³/mol. The molecule has 4 rings (SSSR count). The first-order chi connectivity index (χ1) is 12.7. The Balaban J connectivity index is 1.45. The number of anilines is 1. The van der Waals surface area contributed by atoms with Crippen molar-refractivity contribution in [1.82, 2.24) is 4.90 Å². The Labute approximate surface area is 164 Å². The van der Waals surface area contributed by atoms with Gasteiger partial charge in [-0.1, -0.05) is 35.9 Å². The largest absolute Gasteiger partial charge is 0.325 e. The molecule has 1 amide bonds. The van der Waals surface area contributed by atoms with E-state index in [1.807, 2.05) is 48.2 Å². The van der Waals surface area contributed by atoms with Gasteiger partial charge in [-0.3, -0.25) is 9.69 Å². The molecule has 1 saturated carbocycles. The molecule has 0 atom stereocenters. The second kappa shape index (κ2) is 7.63. The number of rotatable bonds is 5. The van der Waals surface area contributed by atoms with E-state index < -0.39 is 5.41 Å². The lowest BCUT2D eigenvalue weighted by atomic mass is 9.95. The Kier molecular flexibility index (Phi) is 5.25. The number of hydrogen-bond donors (Lipinski definition) is 1. The van der Waals surface area contributed by atoms with Crippen molar-refractivity contribution < 1.29 is 4.79 Å². The molecule has 3 nitrogen and oxygen atoms in total. The van der Waals surface area contributed by atoms with E-state index in [1.54, 1.807) is 0 Å². The van der Waals surface area contributed by atoms with Crippen molar-refractivity contribution in [3.63, 3.8) is 0 Å². The topological polar surface area (TPSA) is 32.3 Å². The zero-order valence-corrected chi connectivity index (χ0v) is 16.3. The van der Waals surface area contributed by atoms with Crippen LogP contribution in [0.5, 0.6) is 0 Å². The Morgan fingerprint density at radius 3 is 2.62 bits per heavy atom. The lowest BCUT2D eigenvalue weighted by molar-refractivity contribution is -0.118. The van der Waals surface area contributed by atoms with Gasteiger partial charge in [-0.15, -0.1) is 0 Å². The van der Waals surface area contributed by atoms with Crippen molar-refractivity contribution in [2.75, 3.05) is 29.9 Å². The van der Waals surface area contributed by atoms with E-state index in [1.165, 1.54) is 17.1 Å². The van der Waals surface area contributed by atoms with Gasteiger partial charge in [0.1, 0.15) is 0 Å². The molecule has 136 valence electrons. The second-order valence-corrected chi connectivity index (χ2v) is 8.80. The number of nitrogens with zero attached hydrogens (tertiary/aromatic N) is 1. The standard InChI is InChI=1S/C21H23ClN2OS/c22-18-5-2-4-17(14-18)21(7-8-21)20(25)23-19-6-1-3-16(13-19)15-24-9-11-26-12-10-24/h1-6,13-14H,7-12,15H2,(H,23,25). The molecule has 2 fully saturated rings. The monoisotopic (exact) mass is 386 g/mol. The van der Waals surface area contributed by atoms with Crippen LogP contribution in [-0.4, -0.2) is 35.4 Å². The van der Waals surface area contributed by atoms with Gasteiger partial charge in [0.2, 0.25) is 5.91 Å². The van der Waals surface area contributed by atoms with Crippen molar-refractivity contribution in [2.24, 2.45) is 0 Å². The smallest absolute Gasteiger partial charge is 0.235 e. The zero-order chi connectivity index (χ0) is 18.0. The third kappa shape index (κ3) is 3.93. The number of carbonyl (C=O) groups excluding carboxylic acids is 1. The van der Waals surface area contributed by atoms with Gasteiger partial charge < -0.3 is 5.32 Å². The average molecular weight is 387 g/mol. The van der Waals surface area contributed by atoms with E-state index in [9.17, 15) is 4.79 Å². The van der Waals surface area contributed by atoms with Crippen molar-refractivity contribution in [1.29, 1.82) is 0 Å². The lowest BCUT2D eigenvalue weighted by Crippen LogP contribution is -2.32.